The van der Waals surface area contributed by atoms with Crippen LogP contribution in [0.1, 0.15) is 64.2 Å². The summed E-state index contributed by atoms with van der Waals surface area (Å²) in [4.78, 5) is 37.9. The molecule has 13 heteroatoms. The first-order chi connectivity index (χ1) is 29.8. The van der Waals surface area contributed by atoms with Gasteiger partial charge in [-0.25, -0.2) is 9.97 Å². The van der Waals surface area contributed by atoms with Crippen LogP contribution in [0.15, 0.2) is 73.1 Å². The topological polar surface area (TPSA) is 133 Å². The van der Waals surface area contributed by atoms with E-state index in [-0.39, 0.29) is 35.7 Å². The van der Waals surface area contributed by atoms with Crippen LogP contribution < -0.4 is 31.5 Å². The number of pyridine rings is 2. The summed E-state index contributed by atoms with van der Waals surface area (Å²) in [5, 5.41) is 17.7. The summed E-state index contributed by atoms with van der Waals surface area (Å²) >= 11 is 13.4. The Bertz CT molecular complexity index is 2130. The molecule has 61 heavy (non-hydrogen) atoms. The molecule has 4 aromatic rings. The minimum absolute atomic E-state index is 0.0158. The van der Waals surface area contributed by atoms with E-state index in [0.717, 1.165) is 97.8 Å². The average molecular weight is 868 g/mol. The van der Waals surface area contributed by atoms with Crippen LogP contribution in [0, 0.1) is 29.6 Å². The van der Waals surface area contributed by atoms with Crippen LogP contribution in [0.3, 0.4) is 0 Å². The Hall–Kier alpha value is -4.26. The lowest BCUT2D eigenvalue weighted by molar-refractivity contribution is -0.122. The zero-order chi connectivity index (χ0) is 42.1. The van der Waals surface area contributed by atoms with E-state index in [2.05, 4.69) is 72.8 Å². The van der Waals surface area contributed by atoms with Gasteiger partial charge in [-0.1, -0.05) is 66.7 Å². The lowest BCUT2D eigenvalue weighted by Crippen LogP contribution is -2.48. The predicted octanol–water partition coefficient (Wildman–Crippen LogP) is 9.14. The summed E-state index contributed by atoms with van der Waals surface area (Å²) in [7, 11) is 2.13. The molecule has 2 aromatic heterocycles. The maximum absolute atomic E-state index is 13.8. The highest BCUT2D eigenvalue weighted by Gasteiger charge is 2.36. The molecule has 0 spiro atoms. The lowest BCUT2D eigenvalue weighted by Gasteiger charge is -2.39. The Morgan fingerprint density at radius 3 is 2.16 bits per heavy atom. The third-order valence-electron chi connectivity index (χ3n) is 13.2. The number of benzene rings is 2. The highest BCUT2D eigenvalue weighted by molar-refractivity contribution is 6.33. The molecule has 5 N–H and O–H groups in total. The standard InChI is InChI=1S/C48H60Cl2N8O3/c1-58(39-14-6-11-34(21-39)41-23-45(54-29-43(41)50)56-47(59)35-12-7-16-51-25-35)30-32-15-17-61-44(18-32)36-19-37(27-52-26-36)48(60)57-46-22-40(42(49)28-55-46)33-10-5-13-38(20-33)53-24-31-8-3-2-4-9-31/h5-6,10-11,13-14,20-23,28-29,31-32,35-37,44,51-53H,2-4,7-9,12,15-19,24-27,30H2,1H3,(H,54,56,59)(H,55,57,60)/t32?,35-,36?,37+,44?/m1/s1. The summed E-state index contributed by atoms with van der Waals surface area (Å²) in [6.45, 7) is 5.62. The number of carbonyl (C=O) groups is 2. The maximum atomic E-state index is 13.8. The number of carbonyl (C=O) groups excluding carboxylic acids is 2. The second-order valence-electron chi connectivity index (χ2n) is 17.7. The van der Waals surface area contributed by atoms with Gasteiger partial charge in [0.25, 0.3) is 0 Å². The number of nitrogens with zero attached hydrogens (tertiary/aromatic N) is 3. The Morgan fingerprint density at radius 2 is 1.44 bits per heavy atom. The van der Waals surface area contributed by atoms with Gasteiger partial charge in [0.15, 0.2) is 0 Å². The lowest BCUT2D eigenvalue weighted by atomic mass is 9.81. The van der Waals surface area contributed by atoms with E-state index in [1.165, 1.54) is 32.1 Å². The number of halogens is 2. The normalized spacial score (nSPS) is 23.5. The molecule has 3 unspecified atom stereocenters. The first kappa shape index (κ1) is 43.4. The second-order valence-corrected chi connectivity index (χ2v) is 18.5. The summed E-state index contributed by atoms with van der Waals surface area (Å²) < 4.78 is 6.41. The highest BCUT2D eigenvalue weighted by atomic mass is 35.5. The minimum Gasteiger partial charge on any atom is -0.385 e. The van der Waals surface area contributed by atoms with E-state index in [1.54, 1.807) is 12.4 Å². The van der Waals surface area contributed by atoms with E-state index < -0.39 is 0 Å². The molecule has 2 amide bonds. The van der Waals surface area contributed by atoms with Crippen LogP contribution in [0.4, 0.5) is 23.0 Å². The van der Waals surface area contributed by atoms with E-state index >= 15 is 0 Å². The fourth-order valence-corrected chi connectivity index (χ4v) is 10.1. The first-order valence-corrected chi connectivity index (χ1v) is 23.1. The van der Waals surface area contributed by atoms with Crippen molar-refractivity contribution in [2.24, 2.45) is 29.6 Å². The van der Waals surface area contributed by atoms with Crippen molar-refractivity contribution in [1.82, 2.24) is 20.6 Å². The molecule has 1 saturated carbocycles. The zero-order valence-electron chi connectivity index (χ0n) is 35.2. The molecule has 324 valence electrons. The molecule has 5 atom stereocenters. The van der Waals surface area contributed by atoms with Crippen molar-refractivity contribution in [2.45, 2.75) is 70.3 Å². The molecular weight excluding hydrogens is 807 g/mol. The molecule has 11 nitrogen and oxygen atoms in total. The van der Waals surface area contributed by atoms with Gasteiger partial charge >= 0.3 is 0 Å². The van der Waals surface area contributed by atoms with Gasteiger partial charge in [0, 0.05) is 81.3 Å². The van der Waals surface area contributed by atoms with E-state index in [0.29, 0.717) is 47.3 Å². The van der Waals surface area contributed by atoms with Gasteiger partial charge in [0.05, 0.1) is 28.0 Å². The number of hydrogen-bond donors (Lipinski definition) is 5. The molecule has 4 fully saturated rings. The van der Waals surface area contributed by atoms with Gasteiger partial charge < -0.3 is 36.2 Å². The second kappa shape index (κ2) is 20.7. The van der Waals surface area contributed by atoms with E-state index in [9.17, 15) is 9.59 Å². The molecule has 8 rings (SSSR count). The van der Waals surface area contributed by atoms with Crippen LogP contribution in [0.5, 0.6) is 0 Å². The minimum atomic E-state index is -0.209. The van der Waals surface area contributed by atoms with Gasteiger partial charge in [-0.15, -0.1) is 0 Å². The van der Waals surface area contributed by atoms with Crippen molar-refractivity contribution in [3.63, 3.8) is 0 Å². The van der Waals surface area contributed by atoms with Gasteiger partial charge in [0.1, 0.15) is 11.6 Å². The summed E-state index contributed by atoms with van der Waals surface area (Å²) in [5.41, 5.74) is 5.78. The zero-order valence-corrected chi connectivity index (χ0v) is 36.7. The summed E-state index contributed by atoms with van der Waals surface area (Å²) in [6, 6.07) is 20.4. The molecule has 2 aromatic carbocycles. The number of nitrogens with one attached hydrogen (secondary N) is 5. The first-order valence-electron chi connectivity index (χ1n) is 22.4. The number of amides is 2. The fourth-order valence-electron chi connectivity index (χ4n) is 9.70. The van der Waals surface area contributed by atoms with Crippen LogP contribution in [0.25, 0.3) is 22.3 Å². The Kier molecular flexibility index (Phi) is 14.8. The maximum Gasteiger partial charge on any atom is 0.229 e. The third-order valence-corrected chi connectivity index (χ3v) is 13.8. The monoisotopic (exact) mass is 866 g/mol. The molecule has 3 aliphatic heterocycles. The molecule has 0 radical (unpaired) electrons. The number of ether oxygens (including phenoxy) is 1. The Labute approximate surface area is 370 Å². The van der Waals surface area contributed by atoms with Crippen molar-refractivity contribution in [2.75, 3.05) is 73.8 Å². The van der Waals surface area contributed by atoms with Crippen LogP contribution in [0.2, 0.25) is 10.0 Å². The van der Waals surface area contributed by atoms with Crippen LogP contribution >= 0.6 is 23.2 Å². The average Bonchev–Trinajstić information content (AvgIpc) is 3.30. The smallest absolute Gasteiger partial charge is 0.229 e. The molecule has 5 heterocycles. The van der Waals surface area contributed by atoms with Gasteiger partial charge in [-0.05, 0) is 117 Å². The largest absolute Gasteiger partial charge is 0.385 e. The highest BCUT2D eigenvalue weighted by Crippen LogP contribution is 2.36. The van der Waals surface area contributed by atoms with Crippen LogP contribution in [-0.4, -0.2) is 80.8 Å². The SMILES string of the molecule is CN(CC1CCOC(C2CNC[C@@H](C(=O)Nc3cc(-c4cccc(NCC5CCCCC5)c4)c(Cl)cn3)C2)C1)c1cccc(-c2cc(NC(=O)[C@@H]3CCCNC3)ncc2Cl)c1. The summed E-state index contributed by atoms with van der Waals surface area (Å²) in [6.07, 6.45) is 14.4. The van der Waals surface area contributed by atoms with Gasteiger partial charge in [-0.3, -0.25) is 9.59 Å². The van der Waals surface area contributed by atoms with Crippen molar-refractivity contribution in [3.05, 3.63) is 83.1 Å². The van der Waals surface area contributed by atoms with Gasteiger partial charge in [-0.2, -0.15) is 0 Å². The quantitative estimate of drug-likeness (QED) is 0.0893. The van der Waals surface area contributed by atoms with Crippen molar-refractivity contribution >= 4 is 58.0 Å². The Morgan fingerprint density at radius 1 is 0.754 bits per heavy atom. The predicted molar refractivity (Wildman–Crippen MR) is 247 cm³/mol. The molecule has 0 bridgehead atoms. The van der Waals surface area contributed by atoms with Crippen molar-refractivity contribution in [1.29, 1.82) is 0 Å². The number of aromatic nitrogens is 2. The van der Waals surface area contributed by atoms with E-state index in [4.69, 9.17) is 27.9 Å². The van der Waals surface area contributed by atoms with E-state index in [1.807, 2.05) is 36.4 Å². The van der Waals surface area contributed by atoms with Gasteiger partial charge in [0.2, 0.25) is 11.8 Å². The van der Waals surface area contributed by atoms with Crippen molar-refractivity contribution < 1.29 is 14.3 Å². The molecule has 1 aliphatic carbocycles. The molecule has 4 aliphatic rings. The molecular formula is C48H60Cl2N8O3. The summed E-state index contributed by atoms with van der Waals surface area (Å²) in [5.74, 6) is 2.04. The fraction of sp³-hybridized carbons (Fsp3) is 0.500. The molecule has 3 saturated heterocycles. The van der Waals surface area contributed by atoms with Crippen LogP contribution in [-0.2, 0) is 14.3 Å². The number of anilines is 4. The third kappa shape index (κ3) is 11.4. The Balaban J connectivity index is 0.851. The van der Waals surface area contributed by atoms with Crippen molar-refractivity contribution in [3.8, 4) is 22.3 Å². The number of hydrogen-bond acceptors (Lipinski definition) is 9. The number of piperidine rings is 2. The number of rotatable bonds is 13.